The van der Waals surface area contributed by atoms with Crippen molar-refractivity contribution < 1.29 is 14.7 Å². The van der Waals surface area contributed by atoms with E-state index in [9.17, 15) is 4.79 Å². The van der Waals surface area contributed by atoms with Gasteiger partial charge in [-0.2, -0.15) is 5.06 Å². The molecule has 1 saturated heterocycles. The second-order valence-corrected chi connectivity index (χ2v) is 4.63. The van der Waals surface area contributed by atoms with Crippen molar-refractivity contribution in [3.8, 4) is 0 Å². The maximum atomic E-state index is 11.2. The second-order valence-electron chi connectivity index (χ2n) is 4.63. The molecule has 1 amide bonds. The monoisotopic (exact) mass is 263 g/mol. The maximum absolute atomic E-state index is 11.2. The summed E-state index contributed by atoms with van der Waals surface area (Å²) in [5, 5.41) is 10.1. The van der Waals surface area contributed by atoms with Gasteiger partial charge in [0.1, 0.15) is 0 Å². The first-order valence-electron chi connectivity index (χ1n) is 6.47. The van der Waals surface area contributed by atoms with E-state index in [0.717, 1.165) is 30.3 Å². The SMILES string of the molecule is [CH2]c1ccc(N(OCCN2CCCC2)C(=O)O)cc1. The standard InChI is InChI=1S/C14H19N2O3/c1-12-4-6-13(7-5-12)16(14(17)18)19-11-10-15-8-2-3-9-15/h4-7H,1-3,8-11H2,(H,17,18). The molecule has 0 spiro atoms. The van der Waals surface area contributed by atoms with Crippen LogP contribution in [0.3, 0.4) is 0 Å². The van der Waals surface area contributed by atoms with Crippen molar-refractivity contribution in [2.75, 3.05) is 31.3 Å². The van der Waals surface area contributed by atoms with Crippen LogP contribution in [0.15, 0.2) is 24.3 Å². The summed E-state index contributed by atoms with van der Waals surface area (Å²) in [5.74, 6) is 0. The molecule has 1 fully saturated rings. The quantitative estimate of drug-likeness (QED) is 0.829. The van der Waals surface area contributed by atoms with Gasteiger partial charge in [-0.3, -0.25) is 4.84 Å². The first kappa shape index (κ1) is 13.8. The van der Waals surface area contributed by atoms with E-state index < -0.39 is 6.09 Å². The summed E-state index contributed by atoms with van der Waals surface area (Å²) in [5.41, 5.74) is 1.34. The minimum atomic E-state index is -1.11. The summed E-state index contributed by atoms with van der Waals surface area (Å²) >= 11 is 0. The number of rotatable bonds is 5. The first-order chi connectivity index (χ1) is 9.16. The van der Waals surface area contributed by atoms with Gasteiger partial charge in [0.15, 0.2) is 0 Å². The van der Waals surface area contributed by atoms with E-state index in [1.165, 1.54) is 12.8 Å². The van der Waals surface area contributed by atoms with E-state index >= 15 is 0 Å². The molecule has 0 bridgehead atoms. The third-order valence-electron chi connectivity index (χ3n) is 3.17. The fourth-order valence-electron chi connectivity index (χ4n) is 2.14. The molecule has 0 saturated carbocycles. The van der Waals surface area contributed by atoms with Gasteiger partial charge in [0.05, 0.1) is 12.3 Å². The molecule has 5 nitrogen and oxygen atoms in total. The first-order valence-corrected chi connectivity index (χ1v) is 6.47. The lowest BCUT2D eigenvalue weighted by atomic mass is 10.2. The average molecular weight is 263 g/mol. The van der Waals surface area contributed by atoms with Gasteiger partial charge in [0, 0.05) is 6.54 Å². The molecule has 1 heterocycles. The number of likely N-dealkylation sites (tertiary alicyclic amines) is 1. The lowest BCUT2D eigenvalue weighted by molar-refractivity contribution is 0.0815. The van der Waals surface area contributed by atoms with Crippen LogP contribution in [-0.4, -0.2) is 42.3 Å². The van der Waals surface area contributed by atoms with Gasteiger partial charge in [-0.1, -0.05) is 12.1 Å². The van der Waals surface area contributed by atoms with Crippen molar-refractivity contribution in [1.29, 1.82) is 0 Å². The van der Waals surface area contributed by atoms with E-state index in [1.807, 2.05) is 0 Å². The molecule has 1 aliphatic heterocycles. The van der Waals surface area contributed by atoms with Crippen LogP contribution in [0.5, 0.6) is 0 Å². The van der Waals surface area contributed by atoms with Gasteiger partial charge in [-0.25, -0.2) is 4.79 Å². The molecular formula is C14H19N2O3. The molecule has 1 N–H and O–H groups in total. The number of hydroxylamine groups is 1. The Morgan fingerprint density at radius 3 is 2.53 bits per heavy atom. The van der Waals surface area contributed by atoms with Crippen molar-refractivity contribution in [3.05, 3.63) is 36.8 Å². The Balaban J connectivity index is 1.88. The summed E-state index contributed by atoms with van der Waals surface area (Å²) < 4.78 is 0. The number of hydrogen-bond donors (Lipinski definition) is 1. The highest BCUT2D eigenvalue weighted by Crippen LogP contribution is 2.16. The van der Waals surface area contributed by atoms with Crippen LogP contribution in [0.1, 0.15) is 18.4 Å². The van der Waals surface area contributed by atoms with Gasteiger partial charge in [-0.05, 0) is 50.6 Å². The number of nitrogens with zero attached hydrogens (tertiary/aromatic N) is 2. The molecule has 1 radical (unpaired) electrons. The van der Waals surface area contributed by atoms with Crippen LogP contribution in [0, 0.1) is 6.92 Å². The van der Waals surface area contributed by atoms with Crippen molar-refractivity contribution in [1.82, 2.24) is 4.90 Å². The van der Waals surface area contributed by atoms with Gasteiger partial charge >= 0.3 is 6.09 Å². The highest BCUT2D eigenvalue weighted by atomic mass is 16.7. The zero-order valence-electron chi connectivity index (χ0n) is 10.9. The van der Waals surface area contributed by atoms with E-state index in [-0.39, 0.29) is 0 Å². The number of hydrogen-bond acceptors (Lipinski definition) is 3. The minimum Gasteiger partial charge on any atom is -0.463 e. The highest BCUT2D eigenvalue weighted by molar-refractivity contribution is 5.83. The summed E-state index contributed by atoms with van der Waals surface area (Å²) in [7, 11) is 0. The summed E-state index contributed by atoms with van der Waals surface area (Å²) in [4.78, 5) is 18.8. The molecule has 0 aliphatic carbocycles. The molecule has 1 aromatic carbocycles. The molecule has 2 rings (SSSR count). The third-order valence-corrected chi connectivity index (χ3v) is 3.17. The molecular weight excluding hydrogens is 244 g/mol. The Morgan fingerprint density at radius 1 is 1.32 bits per heavy atom. The number of anilines is 1. The number of carboxylic acid groups (broad SMARTS) is 1. The zero-order chi connectivity index (χ0) is 13.7. The number of benzene rings is 1. The topological polar surface area (TPSA) is 53.0 Å². The van der Waals surface area contributed by atoms with E-state index in [1.54, 1.807) is 24.3 Å². The second kappa shape index (κ2) is 6.54. The summed E-state index contributed by atoms with van der Waals surface area (Å²) in [6.07, 6.45) is 1.32. The Kier molecular flexibility index (Phi) is 4.76. The van der Waals surface area contributed by atoms with E-state index in [2.05, 4.69) is 11.8 Å². The molecule has 0 unspecified atom stereocenters. The molecule has 103 valence electrons. The number of amides is 1. The van der Waals surface area contributed by atoms with Crippen LogP contribution < -0.4 is 5.06 Å². The van der Waals surface area contributed by atoms with Gasteiger partial charge in [-0.15, -0.1) is 0 Å². The van der Waals surface area contributed by atoms with Crippen LogP contribution in [0.25, 0.3) is 0 Å². The predicted molar refractivity (Wildman–Crippen MR) is 73.0 cm³/mol. The molecule has 5 heteroatoms. The maximum Gasteiger partial charge on any atom is 0.436 e. The van der Waals surface area contributed by atoms with Crippen LogP contribution in [-0.2, 0) is 4.84 Å². The minimum absolute atomic E-state index is 0.373. The Hall–Kier alpha value is -1.59. The van der Waals surface area contributed by atoms with Gasteiger partial charge < -0.3 is 10.0 Å². The smallest absolute Gasteiger partial charge is 0.436 e. The Morgan fingerprint density at radius 2 is 1.95 bits per heavy atom. The van der Waals surface area contributed by atoms with E-state index in [0.29, 0.717) is 12.3 Å². The largest absolute Gasteiger partial charge is 0.463 e. The molecule has 1 aromatic rings. The molecule has 0 aromatic heterocycles. The van der Waals surface area contributed by atoms with Crippen molar-refractivity contribution in [2.45, 2.75) is 12.8 Å². The van der Waals surface area contributed by atoms with Crippen molar-refractivity contribution in [2.24, 2.45) is 0 Å². The zero-order valence-corrected chi connectivity index (χ0v) is 10.9. The van der Waals surface area contributed by atoms with Crippen LogP contribution in [0.4, 0.5) is 10.5 Å². The van der Waals surface area contributed by atoms with Crippen LogP contribution >= 0.6 is 0 Å². The average Bonchev–Trinajstić information content (AvgIpc) is 2.89. The summed E-state index contributed by atoms with van der Waals surface area (Å²) in [6, 6.07) is 6.89. The van der Waals surface area contributed by atoms with Crippen LogP contribution in [0.2, 0.25) is 0 Å². The lowest BCUT2D eigenvalue weighted by Crippen LogP contribution is -2.33. The lowest BCUT2D eigenvalue weighted by Gasteiger charge is -2.21. The number of carbonyl (C=O) groups is 1. The van der Waals surface area contributed by atoms with Gasteiger partial charge in [0.25, 0.3) is 0 Å². The summed E-state index contributed by atoms with van der Waals surface area (Å²) in [6.45, 7) is 7.05. The van der Waals surface area contributed by atoms with Gasteiger partial charge in [0.2, 0.25) is 0 Å². The molecule has 1 aliphatic rings. The highest BCUT2D eigenvalue weighted by Gasteiger charge is 2.17. The predicted octanol–water partition coefficient (Wildman–Crippen LogP) is 2.38. The van der Waals surface area contributed by atoms with E-state index in [4.69, 9.17) is 9.94 Å². The fourth-order valence-corrected chi connectivity index (χ4v) is 2.14. The fraction of sp³-hybridized carbons (Fsp3) is 0.429. The third kappa shape index (κ3) is 3.94. The van der Waals surface area contributed by atoms with Crippen molar-refractivity contribution >= 4 is 11.8 Å². The Bertz CT molecular complexity index is 413. The van der Waals surface area contributed by atoms with Crippen molar-refractivity contribution in [3.63, 3.8) is 0 Å². The molecule has 19 heavy (non-hydrogen) atoms. The Labute approximate surface area is 113 Å². The molecule has 0 atom stereocenters. The normalized spacial score (nSPS) is 15.6.